The maximum absolute atomic E-state index is 12.1. The fourth-order valence-electron chi connectivity index (χ4n) is 2.39. The van der Waals surface area contributed by atoms with Crippen LogP contribution in [0.25, 0.3) is 0 Å². The van der Waals surface area contributed by atoms with Gasteiger partial charge in [-0.3, -0.25) is 19.7 Å². The topological polar surface area (TPSA) is 96.5 Å². The molecule has 2 rings (SSSR count). The summed E-state index contributed by atoms with van der Waals surface area (Å²) in [6, 6.07) is -0.633. The van der Waals surface area contributed by atoms with Gasteiger partial charge in [0.2, 0.25) is 17.7 Å². The lowest BCUT2D eigenvalue weighted by atomic mass is 10.0. The SMILES string of the molecule is CCNC1COCC1C(=O)NC1CCC(=O)NC1=O. The van der Waals surface area contributed by atoms with Crippen LogP contribution in [-0.4, -0.2) is 49.6 Å². The van der Waals surface area contributed by atoms with Crippen LogP contribution < -0.4 is 16.0 Å². The van der Waals surface area contributed by atoms with E-state index in [0.29, 0.717) is 19.6 Å². The minimum Gasteiger partial charge on any atom is -0.379 e. The molecule has 2 fully saturated rings. The minimum atomic E-state index is -0.618. The Morgan fingerprint density at radius 1 is 1.42 bits per heavy atom. The number of likely N-dealkylation sites (N-methyl/N-ethyl adjacent to an activating group) is 1. The predicted molar refractivity (Wildman–Crippen MR) is 66.1 cm³/mol. The number of carbonyl (C=O) groups is 3. The predicted octanol–water partition coefficient (Wildman–Crippen LogP) is -1.47. The van der Waals surface area contributed by atoms with Crippen molar-refractivity contribution in [2.45, 2.75) is 31.8 Å². The van der Waals surface area contributed by atoms with Crippen LogP contribution in [0.4, 0.5) is 0 Å². The van der Waals surface area contributed by atoms with Crippen molar-refractivity contribution in [2.24, 2.45) is 5.92 Å². The third-order valence-corrected chi connectivity index (χ3v) is 3.44. The summed E-state index contributed by atoms with van der Waals surface area (Å²) in [7, 11) is 0. The van der Waals surface area contributed by atoms with Gasteiger partial charge in [0.05, 0.1) is 19.1 Å². The zero-order valence-electron chi connectivity index (χ0n) is 10.9. The summed E-state index contributed by atoms with van der Waals surface area (Å²) < 4.78 is 5.30. The largest absolute Gasteiger partial charge is 0.379 e. The van der Waals surface area contributed by atoms with Gasteiger partial charge in [-0.1, -0.05) is 6.92 Å². The van der Waals surface area contributed by atoms with Gasteiger partial charge in [0.15, 0.2) is 0 Å². The van der Waals surface area contributed by atoms with Crippen molar-refractivity contribution in [1.82, 2.24) is 16.0 Å². The molecule has 2 aliphatic heterocycles. The fourth-order valence-corrected chi connectivity index (χ4v) is 2.39. The summed E-state index contributed by atoms with van der Waals surface area (Å²) in [5.41, 5.74) is 0. The van der Waals surface area contributed by atoms with Gasteiger partial charge in [0, 0.05) is 12.5 Å². The first-order valence-corrected chi connectivity index (χ1v) is 6.57. The van der Waals surface area contributed by atoms with Crippen molar-refractivity contribution in [3.63, 3.8) is 0 Å². The van der Waals surface area contributed by atoms with Crippen molar-refractivity contribution in [3.8, 4) is 0 Å². The van der Waals surface area contributed by atoms with Gasteiger partial charge in [-0.05, 0) is 13.0 Å². The molecule has 3 amide bonds. The third kappa shape index (κ3) is 3.30. The zero-order valence-corrected chi connectivity index (χ0v) is 10.9. The number of hydrogen-bond donors (Lipinski definition) is 3. The molecule has 7 nitrogen and oxygen atoms in total. The number of piperidine rings is 1. The number of ether oxygens (including phenoxy) is 1. The van der Waals surface area contributed by atoms with Gasteiger partial charge in [0.1, 0.15) is 6.04 Å². The maximum atomic E-state index is 12.1. The van der Waals surface area contributed by atoms with E-state index in [0.717, 1.165) is 6.54 Å². The maximum Gasteiger partial charge on any atom is 0.249 e. The molecule has 0 radical (unpaired) electrons. The van der Waals surface area contributed by atoms with E-state index in [4.69, 9.17) is 4.74 Å². The van der Waals surface area contributed by atoms with Crippen LogP contribution in [0.3, 0.4) is 0 Å². The number of hydrogen-bond acceptors (Lipinski definition) is 5. The Balaban J connectivity index is 1.90. The Hall–Kier alpha value is -1.47. The van der Waals surface area contributed by atoms with E-state index < -0.39 is 11.9 Å². The van der Waals surface area contributed by atoms with Crippen molar-refractivity contribution >= 4 is 17.7 Å². The highest BCUT2D eigenvalue weighted by molar-refractivity contribution is 6.01. The van der Waals surface area contributed by atoms with E-state index in [-0.39, 0.29) is 30.2 Å². The second-order valence-electron chi connectivity index (χ2n) is 4.82. The van der Waals surface area contributed by atoms with E-state index in [1.54, 1.807) is 0 Å². The number of carbonyl (C=O) groups excluding carboxylic acids is 3. The molecule has 7 heteroatoms. The third-order valence-electron chi connectivity index (χ3n) is 3.44. The Kier molecular flexibility index (Phi) is 4.49. The molecule has 3 unspecified atom stereocenters. The van der Waals surface area contributed by atoms with Crippen LogP contribution >= 0.6 is 0 Å². The van der Waals surface area contributed by atoms with E-state index in [2.05, 4.69) is 16.0 Å². The molecule has 0 bridgehead atoms. The van der Waals surface area contributed by atoms with Crippen LogP contribution in [-0.2, 0) is 19.1 Å². The summed E-state index contributed by atoms with van der Waals surface area (Å²) in [5, 5.41) is 8.11. The lowest BCUT2D eigenvalue weighted by Crippen LogP contribution is -2.55. The highest BCUT2D eigenvalue weighted by Gasteiger charge is 2.36. The molecular weight excluding hydrogens is 250 g/mol. The highest BCUT2D eigenvalue weighted by Crippen LogP contribution is 2.15. The summed E-state index contributed by atoms with van der Waals surface area (Å²) in [6.07, 6.45) is 0.615. The van der Waals surface area contributed by atoms with Gasteiger partial charge in [-0.25, -0.2) is 0 Å². The lowest BCUT2D eigenvalue weighted by molar-refractivity contribution is -0.138. The Bertz CT molecular complexity index is 385. The highest BCUT2D eigenvalue weighted by atomic mass is 16.5. The minimum absolute atomic E-state index is 0.0155. The molecule has 19 heavy (non-hydrogen) atoms. The molecule has 2 heterocycles. The Morgan fingerprint density at radius 2 is 2.21 bits per heavy atom. The number of imide groups is 1. The van der Waals surface area contributed by atoms with Crippen molar-refractivity contribution in [1.29, 1.82) is 0 Å². The average Bonchev–Trinajstić information content (AvgIpc) is 2.81. The summed E-state index contributed by atoms with van der Waals surface area (Å²) in [4.78, 5) is 34.7. The molecule has 0 spiro atoms. The normalized spacial score (nSPS) is 31.1. The summed E-state index contributed by atoms with van der Waals surface area (Å²) in [6.45, 7) is 3.59. The van der Waals surface area contributed by atoms with Gasteiger partial charge in [-0.2, -0.15) is 0 Å². The molecular formula is C12H19N3O4. The Labute approximate surface area is 111 Å². The van der Waals surface area contributed by atoms with Gasteiger partial charge in [0.25, 0.3) is 0 Å². The van der Waals surface area contributed by atoms with Gasteiger partial charge >= 0.3 is 0 Å². The summed E-state index contributed by atoms with van der Waals surface area (Å²) >= 11 is 0. The van der Waals surface area contributed by atoms with E-state index in [9.17, 15) is 14.4 Å². The van der Waals surface area contributed by atoms with E-state index in [1.165, 1.54) is 0 Å². The molecule has 0 aromatic carbocycles. The molecule has 0 aromatic rings. The average molecular weight is 269 g/mol. The quantitative estimate of drug-likeness (QED) is 0.542. The molecule has 2 aliphatic rings. The number of rotatable bonds is 4. The van der Waals surface area contributed by atoms with Crippen molar-refractivity contribution < 1.29 is 19.1 Å². The summed E-state index contributed by atoms with van der Waals surface area (Å²) in [5.74, 6) is -1.20. The first-order chi connectivity index (χ1) is 9.11. The smallest absolute Gasteiger partial charge is 0.249 e. The molecule has 3 atom stereocenters. The second kappa shape index (κ2) is 6.12. The molecule has 0 aromatic heterocycles. The van der Waals surface area contributed by atoms with Crippen LogP contribution in [0.1, 0.15) is 19.8 Å². The Morgan fingerprint density at radius 3 is 2.89 bits per heavy atom. The molecule has 3 N–H and O–H groups in total. The zero-order chi connectivity index (χ0) is 13.8. The first kappa shape index (κ1) is 14.0. The monoisotopic (exact) mass is 269 g/mol. The van der Waals surface area contributed by atoms with Crippen molar-refractivity contribution in [2.75, 3.05) is 19.8 Å². The lowest BCUT2D eigenvalue weighted by Gasteiger charge is -2.24. The van der Waals surface area contributed by atoms with E-state index in [1.807, 2.05) is 6.92 Å². The molecule has 0 aliphatic carbocycles. The number of amides is 3. The first-order valence-electron chi connectivity index (χ1n) is 6.57. The van der Waals surface area contributed by atoms with Crippen LogP contribution in [0.5, 0.6) is 0 Å². The van der Waals surface area contributed by atoms with Crippen LogP contribution in [0.2, 0.25) is 0 Å². The molecule has 106 valence electrons. The van der Waals surface area contributed by atoms with Crippen LogP contribution in [0.15, 0.2) is 0 Å². The van der Waals surface area contributed by atoms with Crippen LogP contribution in [0, 0.1) is 5.92 Å². The van der Waals surface area contributed by atoms with Gasteiger partial charge < -0.3 is 15.4 Å². The fraction of sp³-hybridized carbons (Fsp3) is 0.750. The van der Waals surface area contributed by atoms with Gasteiger partial charge in [-0.15, -0.1) is 0 Å². The van der Waals surface area contributed by atoms with Crippen molar-refractivity contribution in [3.05, 3.63) is 0 Å². The van der Waals surface area contributed by atoms with E-state index >= 15 is 0 Å². The molecule has 0 saturated carbocycles. The molecule has 2 saturated heterocycles. The number of nitrogens with one attached hydrogen (secondary N) is 3. The second-order valence-corrected chi connectivity index (χ2v) is 4.82. The standard InChI is InChI=1S/C12H19N3O4/c1-2-13-9-6-19-5-7(9)11(17)14-8-3-4-10(16)15-12(8)18/h7-9,13H,2-6H2,1H3,(H,14,17)(H,15,16,18).